The number of carbonyl (C=O) groups excluding carboxylic acids is 2. The van der Waals surface area contributed by atoms with E-state index in [9.17, 15) is 29.0 Å². The summed E-state index contributed by atoms with van der Waals surface area (Å²) in [6.45, 7) is 4.14. The second-order valence-electron chi connectivity index (χ2n) is 12.4. The third-order valence-corrected chi connectivity index (χ3v) is 8.33. The van der Waals surface area contributed by atoms with E-state index in [2.05, 4.69) is 10.6 Å². The smallest absolute Gasteiger partial charge is 0.305 e. The van der Waals surface area contributed by atoms with E-state index < -0.39 is 36.3 Å². The normalized spacial score (nSPS) is 12.4. The maximum Gasteiger partial charge on any atom is 0.305 e. The molecule has 258 valence electrons. The highest BCUT2D eigenvalue weighted by Gasteiger charge is 2.31. The van der Waals surface area contributed by atoms with Crippen molar-refractivity contribution in [1.82, 2.24) is 4.57 Å². The molecule has 9 nitrogen and oxygen atoms in total. The lowest BCUT2D eigenvalue weighted by Gasteiger charge is -2.20. The lowest BCUT2D eigenvalue weighted by Crippen LogP contribution is -2.22. The summed E-state index contributed by atoms with van der Waals surface area (Å²) >= 11 is 0. The van der Waals surface area contributed by atoms with Gasteiger partial charge >= 0.3 is 5.97 Å². The first-order chi connectivity index (χ1) is 24.0. The Balaban J connectivity index is 1.55. The van der Waals surface area contributed by atoms with Crippen LogP contribution in [0.3, 0.4) is 0 Å². The standard InChI is InChI=1S/C40H40FN3O6/c1-25(2)37-36(40(50)43-31-19-15-28(16-20-31)39(49)42-30-11-7-4-8-12-30)35(26-9-5-3-6-10-26)38(27-13-17-29(41)18-14-27)44(37)22-21-32(45)23-33(46)24-34(47)48/h3-20,25,32-33,45-46H,21-24H2,1-2H3,(H,42,49)(H,43,50)(H,47,48)/t32-,33-/m1/s1. The fraction of sp³-hybridized carbons (Fsp3) is 0.225. The lowest BCUT2D eigenvalue weighted by atomic mass is 9.94. The zero-order valence-corrected chi connectivity index (χ0v) is 27.8. The Hall–Kier alpha value is -5.58. The number of halogens is 1. The first-order valence-corrected chi connectivity index (χ1v) is 16.4. The number of nitrogens with zero attached hydrogens (tertiary/aromatic N) is 1. The number of aliphatic carboxylic acids is 1. The zero-order valence-electron chi connectivity index (χ0n) is 27.8. The lowest BCUT2D eigenvalue weighted by molar-refractivity contribution is -0.139. The summed E-state index contributed by atoms with van der Waals surface area (Å²) in [4.78, 5) is 38.3. The molecule has 2 atom stereocenters. The Labute approximate surface area is 290 Å². The monoisotopic (exact) mass is 677 g/mol. The van der Waals surface area contributed by atoms with Gasteiger partial charge in [-0.15, -0.1) is 0 Å². The fourth-order valence-corrected chi connectivity index (χ4v) is 6.11. The van der Waals surface area contributed by atoms with Crippen LogP contribution in [-0.2, 0) is 11.3 Å². The molecule has 2 amide bonds. The number of carboxylic acid groups (broad SMARTS) is 1. The van der Waals surface area contributed by atoms with E-state index in [0.717, 1.165) is 5.56 Å². The summed E-state index contributed by atoms with van der Waals surface area (Å²) < 4.78 is 16.1. The number of para-hydroxylation sites is 1. The van der Waals surface area contributed by atoms with Gasteiger partial charge in [0.15, 0.2) is 0 Å². The van der Waals surface area contributed by atoms with Crippen LogP contribution in [-0.4, -0.2) is 49.9 Å². The van der Waals surface area contributed by atoms with Crippen molar-refractivity contribution >= 4 is 29.2 Å². The summed E-state index contributed by atoms with van der Waals surface area (Å²) in [6, 6.07) is 31.0. The predicted molar refractivity (Wildman–Crippen MR) is 192 cm³/mol. The van der Waals surface area contributed by atoms with E-state index in [1.165, 1.54) is 12.1 Å². The number of nitrogens with one attached hydrogen (secondary N) is 2. The third kappa shape index (κ3) is 8.71. The van der Waals surface area contributed by atoms with Gasteiger partial charge < -0.3 is 30.5 Å². The molecule has 5 aromatic rings. The van der Waals surface area contributed by atoms with Crippen LogP contribution in [0.25, 0.3) is 22.4 Å². The molecule has 1 heterocycles. The number of carbonyl (C=O) groups is 3. The average molecular weight is 678 g/mol. The van der Waals surface area contributed by atoms with E-state index >= 15 is 0 Å². The molecule has 0 radical (unpaired) electrons. The van der Waals surface area contributed by atoms with Crippen molar-refractivity contribution < 1.29 is 34.1 Å². The summed E-state index contributed by atoms with van der Waals surface area (Å²) in [7, 11) is 0. The predicted octanol–water partition coefficient (Wildman–Crippen LogP) is 7.57. The number of carboxylic acids is 1. The minimum atomic E-state index is -1.22. The summed E-state index contributed by atoms with van der Waals surface area (Å²) in [5, 5.41) is 35.9. The number of hydrogen-bond acceptors (Lipinski definition) is 5. The van der Waals surface area contributed by atoms with E-state index in [-0.39, 0.29) is 31.2 Å². The fourth-order valence-electron chi connectivity index (χ4n) is 6.11. The van der Waals surface area contributed by atoms with Crippen molar-refractivity contribution in [1.29, 1.82) is 0 Å². The molecule has 0 bridgehead atoms. The average Bonchev–Trinajstić information content (AvgIpc) is 3.44. The van der Waals surface area contributed by atoms with Gasteiger partial charge in [-0.2, -0.15) is 0 Å². The molecule has 0 spiro atoms. The molecule has 0 fully saturated rings. The van der Waals surface area contributed by atoms with Crippen LogP contribution in [0.5, 0.6) is 0 Å². The van der Waals surface area contributed by atoms with E-state index in [4.69, 9.17) is 5.11 Å². The Morgan fingerprint density at radius 3 is 1.90 bits per heavy atom. The maximum atomic E-state index is 14.4. The van der Waals surface area contributed by atoms with Gasteiger partial charge in [0.2, 0.25) is 0 Å². The largest absolute Gasteiger partial charge is 0.481 e. The van der Waals surface area contributed by atoms with Gasteiger partial charge in [-0.1, -0.05) is 62.4 Å². The van der Waals surface area contributed by atoms with Crippen LogP contribution in [0.15, 0.2) is 109 Å². The quantitative estimate of drug-likeness (QED) is 0.0822. The summed E-state index contributed by atoms with van der Waals surface area (Å²) in [6.07, 6.45) is -2.71. The number of rotatable bonds is 14. The highest BCUT2D eigenvalue weighted by Crippen LogP contribution is 2.42. The van der Waals surface area contributed by atoms with Gasteiger partial charge in [-0.25, -0.2) is 4.39 Å². The Kier molecular flexibility index (Phi) is 11.6. The number of aliphatic hydroxyl groups excluding tert-OH is 2. The molecule has 5 N–H and O–H groups in total. The van der Waals surface area contributed by atoms with Gasteiger partial charge in [0.25, 0.3) is 11.8 Å². The third-order valence-electron chi connectivity index (χ3n) is 8.33. The number of aliphatic hydroxyl groups is 2. The number of amides is 2. The molecule has 0 aliphatic carbocycles. The van der Waals surface area contributed by atoms with Crippen LogP contribution in [0.1, 0.15) is 65.4 Å². The minimum Gasteiger partial charge on any atom is -0.481 e. The first kappa shape index (κ1) is 35.7. The SMILES string of the molecule is CC(C)c1c(C(=O)Nc2ccc(C(=O)Nc3ccccc3)cc2)c(-c2ccccc2)c(-c2ccc(F)cc2)n1CC[C@@H](O)C[C@@H](O)CC(=O)O. The molecule has 1 aromatic heterocycles. The number of anilines is 2. The van der Waals surface area contributed by atoms with Crippen LogP contribution >= 0.6 is 0 Å². The van der Waals surface area contributed by atoms with Crippen molar-refractivity contribution in [2.24, 2.45) is 0 Å². The Bertz CT molecular complexity index is 1920. The molecule has 5 rings (SSSR count). The first-order valence-electron chi connectivity index (χ1n) is 16.4. The Morgan fingerprint density at radius 2 is 1.30 bits per heavy atom. The molecule has 0 saturated carbocycles. The van der Waals surface area contributed by atoms with E-state index in [0.29, 0.717) is 45.0 Å². The molecular formula is C40H40FN3O6. The van der Waals surface area contributed by atoms with Crippen LogP contribution in [0.4, 0.5) is 15.8 Å². The van der Waals surface area contributed by atoms with Crippen LogP contribution < -0.4 is 10.6 Å². The number of hydrogen-bond donors (Lipinski definition) is 5. The summed E-state index contributed by atoms with van der Waals surface area (Å²) in [5.41, 5.74) is 5.30. The van der Waals surface area contributed by atoms with Crippen molar-refractivity contribution in [3.05, 3.63) is 132 Å². The topological polar surface area (TPSA) is 141 Å². The molecule has 0 aliphatic rings. The molecule has 0 saturated heterocycles. The molecule has 10 heteroatoms. The van der Waals surface area contributed by atoms with Crippen molar-refractivity contribution in [2.45, 2.75) is 57.8 Å². The van der Waals surface area contributed by atoms with Crippen molar-refractivity contribution in [3.8, 4) is 22.4 Å². The second-order valence-corrected chi connectivity index (χ2v) is 12.4. The van der Waals surface area contributed by atoms with Gasteiger partial charge in [-0.05, 0) is 90.6 Å². The highest BCUT2D eigenvalue weighted by atomic mass is 19.1. The molecule has 4 aromatic carbocycles. The number of aromatic nitrogens is 1. The highest BCUT2D eigenvalue weighted by molar-refractivity contribution is 6.13. The second kappa shape index (κ2) is 16.2. The number of benzene rings is 4. The molecule has 0 unspecified atom stereocenters. The minimum absolute atomic E-state index is 0.130. The molecular weight excluding hydrogens is 637 g/mol. The Morgan fingerprint density at radius 1 is 0.720 bits per heavy atom. The van der Waals surface area contributed by atoms with E-state index in [1.807, 2.05) is 66.9 Å². The zero-order chi connectivity index (χ0) is 35.8. The van der Waals surface area contributed by atoms with Crippen LogP contribution in [0.2, 0.25) is 0 Å². The molecule has 50 heavy (non-hydrogen) atoms. The van der Waals surface area contributed by atoms with Crippen LogP contribution in [0, 0.1) is 5.82 Å². The van der Waals surface area contributed by atoms with E-state index in [1.54, 1.807) is 48.5 Å². The summed E-state index contributed by atoms with van der Waals surface area (Å²) in [5.74, 6) is -2.45. The van der Waals surface area contributed by atoms with Gasteiger partial charge in [0, 0.05) is 34.7 Å². The van der Waals surface area contributed by atoms with Gasteiger partial charge in [-0.3, -0.25) is 14.4 Å². The van der Waals surface area contributed by atoms with Gasteiger partial charge in [0.05, 0.1) is 29.9 Å². The maximum absolute atomic E-state index is 14.4. The van der Waals surface area contributed by atoms with Crippen molar-refractivity contribution in [3.63, 3.8) is 0 Å². The van der Waals surface area contributed by atoms with Gasteiger partial charge in [0.1, 0.15) is 5.82 Å². The van der Waals surface area contributed by atoms with Crippen molar-refractivity contribution in [2.75, 3.05) is 10.6 Å². The molecule has 0 aliphatic heterocycles.